The zero-order valence-electron chi connectivity index (χ0n) is 11.6. The molecule has 1 saturated heterocycles. The van der Waals surface area contributed by atoms with Gasteiger partial charge in [-0.25, -0.2) is 0 Å². The molecule has 0 aliphatic carbocycles. The van der Waals surface area contributed by atoms with Crippen molar-refractivity contribution in [2.24, 2.45) is 5.92 Å². The van der Waals surface area contributed by atoms with Crippen LogP contribution in [0.3, 0.4) is 0 Å². The van der Waals surface area contributed by atoms with Gasteiger partial charge in [-0.15, -0.1) is 11.3 Å². The van der Waals surface area contributed by atoms with E-state index in [-0.39, 0.29) is 12.5 Å². The number of aliphatic hydroxyl groups excluding tert-OH is 1. The van der Waals surface area contributed by atoms with Gasteiger partial charge in [-0.2, -0.15) is 0 Å². The third kappa shape index (κ3) is 3.83. The average molecular weight is 293 g/mol. The SMILES string of the molecule is COCC1CCCN(C(=O)c2csc(C#CCO)c2)C1. The van der Waals surface area contributed by atoms with Crippen molar-refractivity contribution in [3.63, 3.8) is 0 Å². The second kappa shape index (κ2) is 7.44. The fourth-order valence-corrected chi connectivity index (χ4v) is 3.19. The molecule has 1 atom stereocenters. The quantitative estimate of drug-likeness (QED) is 0.861. The maximum atomic E-state index is 12.4. The van der Waals surface area contributed by atoms with Crippen LogP contribution in [0, 0.1) is 17.8 Å². The fraction of sp³-hybridized carbons (Fsp3) is 0.533. The van der Waals surface area contributed by atoms with Crippen LogP contribution in [-0.2, 0) is 4.74 Å². The molecule has 0 saturated carbocycles. The predicted molar refractivity (Wildman–Crippen MR) is 78.8 cm³/mol. The number of methoxy groups -OCH3 is 1. The maximum Gasteiger partial charge on any atom is 0.254 e. The summed E-state index contributed by atoms with van der Waals surface area (Å²) in [6.07, 6.45) is 2.15. The van der Waals surface area contributed by atoms with E-state index < -0.39 is 0 Å². The van der Waals surface area contributed by atoms with Crippen molar-refractivity contribution < 1.29 is 14.6 Å². The molecule has 108 valence electrons. The van der Waals surface area contributed by atoms with E-state index in [1.165, 1.54) is 11.3 Å². The molecule has 1 aliphatic rings. The molecule has 1 unspecified atom stereocenters. The van der Waals surface area contributed by atoms with E-state index in [2.05, 4.69) is 11.8 Å². The predicted octanol–water partition coefficient (Wildman–Crippen LogP) is 1.59. The van der Waals surface area contributed by atoms with E-state index >= 15 is 0 Å². The first-order valence-electron chi connectivity index (χ1n) is 6.71. The van der Waals surface area contributed by atoms with Crippen molar-refractivity contribution in [2.75, 3.05) is 33.4 Å². The van der Waals surface area contributed by atoms with Gasteiger partial charge < -0.3 is 14.7 Å². The van der Waals surface area contributed by atoms with E-state index in [9.17, 15) is 4.79 Å². The van der Waals surface area contributed by atoms with Crippen LogP contribution in [0.25, 0.3) is 0 Å². The summed E-state index contributed by atoms with van der Waals surface area (Å²) in [4.78, 5) is 15.1. The van der Waals surface area contributed by atoms with Crippen molar-refractivity contribution in [2.45, 2.75) is 12.8 Å². The first kappa shape index (κ1) is 15.0. The standard InChI is InChI=1S/C15H19NO3S/c1-19-10-12-4-2-6-16(9-12)15(18)13-8-14(20-11-13)5-3-7-17/h8,11-12,17H,2,4,6-7,9-10H2,1H3. The summed E-state index contributed by atoms with van der Waals surface area (Å²) >= 11 is 1.44. The molecule has 1 aliphatic heterocycles. The minimum atomic E-state index is -0.161. The highest BCUT2D eigenvalue weighted by Gasteiger charge is 2.24. The zero-order valence-corrected chi connectivity index (χ0v) is 12.4. The lowest BCUT2D eigenvalue weighted by Gasteiger charge is -2.32. The Morgan fingerprint density at radius 2 is 2.50 bits per heavy atom. The van der Waals surface area contributed by atoms with Gasteiger partial charge >= 0.3 is 0 Å². The molecule has 1 amide bonds. The summed E-state index contributed by atoms with van der Waals surface area (Å²) in [6.45, 7) is 2.12. The molecular formula is C15H19NO3S. The van der Waals surface area contributed by atoms with Gasteiger partial charge in [0.15, 0.2) is 0 Å². The fourth-order valence-electron chi connectivity index (χ4n) is 2.44. The van der Waals surface area contributed by atoms with E-state index in [4.69, 9.17) is 9.84 Å². The average Bonchev–Trinajstić information content (AvgIpc) is 2.94. The topological polar surface area (TPSA) is 49.8 Å². The molecule has 1 aromatic rings. The van der Waals surface area contributed by atoms with Crippen LogP contribution in [0.1, 0.15) is 28.1 Å². The lowest BCUT2D eigenvalue weighted by molar-refractivity contribution is 0.0571. The lowest BCUT2D eigenvalue weighted by Crippen LogP contribution is -2.41. The zero-order chi connectivity index (χ0) is 14.4. The van der Waals surface area contributed by atoms with Crippen molar-refractivity contribution in [1.29, 1.82) is 0 Å². The lowest BCUT2D eigenvalue weighted by atomic mass is 9.98. The third-order valence-corrected chi connectivity index (χ3v) is 4.19. The minimum absolute atomic E-state index is 0.0686. The smallest absolute Gasteiger partial charge is 0.254 e. The molecule has 4 nitrogen and oxygen atoms in total. The van der Waals surface area contributed by atoms with Gasteiger partial charge in [0, 0.05) is 25.6 Å². The molecule has 5 heteroatoms. The number of ether oxygens (including phenoxy) is 1. The Hall–Kier alpha value is -1.35. The largest absolute Gasteiger partial charge is 0.384 e. The Morgan fingerprint density at radius 3 is 3.25 bits per heavy atom. The van der Waals surface area contributed by atoms with Gasteiger partial charge in [0.2, 0.25) is 0 Å². The van der Waals surface area contributed by atoms with E-state index in [0.717, 1.165) is 30.8 Å². The molecule has 1 fully saturated rings. The van der Waals surface area contributed by atoms with Crippen molar-refractivity contribution in [3.8, 4) is 11.8 Å². The normalized spacial score (nSPS) is 18.5. The van der Waals surface area contributed by atoms with Crippen LogP contribution in [0.2, 0.25) is 0 Å². The molecule has 0 radical (unpaired) electrons. The van der Waals surface area contributed by atoms with Crippen LogP contribution in [0.4, 0.5) is 0 Å². The number of hydrogen-bond donors (Lipinski definition) is 1. The number of hydrogen-bond acceptors (Lipinski definition) is 4. The first-order chi connectivity index (χ1) is 9.74. The molecular weight excluding hydrogens is 274 g/mol. The van der Waals surface area contributed by atoms with Crippen molar-refractivity contribution in [3.05, 3.63) is 21.9 Å². The number of piperidine rings is 1. The minimum Gasteiger partial charge on any atom is -0.384 e. The second-order valence-corrected chi connectivity index (χ2v) is 5.79. The van der Waals surface area contributed by atoms with E-state index in [1.807, 2.05) is 10.3 Å². The number of aliphatic hydroxyl groups is 1. The summed E-state index contributed by atoms with van der Waals surface area (Å²) in [5.41, 5.74) is 0.690. The summed E-state index contributed by atoms with van der Waals surface area (Å²) in [7, 11) is 1.70. The van der Waals surface area contributed by atoms with Crippen LogP contribution in [-0.4, -0.2) is 49.3 Å². The summed E-state index contributed by atoms with van der Waals surface area (Å²) in [5.74, 6) is 5.93. The van der Waals surface area contributed by atoms with Gasteiger partial charge in [0.25, 0.3) is 5.91 Å². The summed E-state index contributed by atoms with van der Waals surface area (Å²) < 4.78 is 5.19. The van der Waals surface area contributed by atoms with E-state index in [0.29, 0.717) is 18.1 Å². The van der Waals surface area contributed by atoms with Crippen LogP contribution in [0.15, 0.2) is 11.4 Å². The Bertz CT molecular complexity index is 513. The van der Waals surface area contributed by atoms with Gasteiger partial charge in [-0.3, -0.25) is 4.79 Å². The highest BCUT2D eigenvalue weighted by atomic mass is 32.1. The van der Waals surface area contributed by atoms with Crippen LogP contribution >= 0.6 is 11.3 Å². The van der Waals surface area contributed by atoms with Gasteiger partial charge in [0.1, 0.15) is 6.61 Å². The molecule has 1 N–H and O–H groups in total. The third-order valence-electron chi connectivity index (χ3n) is 3.35. The van der Waals surface area contributed by atoms with Gasteiger partial charge in [0.05, 0.1) is 17.0 Å². The van der Waals surface area contributed by atoms with Crippen LogP contribution < -0.4 is 0 Å². The number of rotatable bonds is 3. The number of likely N-dealkylation sites (tertiary alicyclic amines) is 1. The number of amides is 1. The van der Waals surface area contributed by atoms with Crippen molar-refractivity contribution in [1.82, 2.24) is 4.90 Å². The Balaban J connectivity index is 2.01. The van der Waals surface area contributed by atoms with Gasteiger partial charge in [-0.1, -0.05) is 11.8 Å². The van der Waals surface area contributed by atoms with E-state index in [1.54, 1.807) is 13.2 Å². The molecule has 0 bridgehead atoms. The molecule has 2 heterocycles. The Morgan fingerprint density at radius 1 is 1.65 bits per heavy atom. The highest BCUT2D eigenvalue weighted by Crippen LogP contribution is 2.21. The second-order valence-electron chi connectivity index (χ2n) is 4.87. The highest BCUT2D eigenvalue weighted by molar-refractivity contribution is 7.10. The molecule has 2 rings (SSSR count). The van der Waals surface area contributed by atoms with Gasteiger partial charge in [-0.05, 0) is 24.8 Å². The van der Waals surface area contributed by atoms with Crippen LogP contribution in [0.5, 0.6) is 0 Å². The number of carbonyl (C=O) groups excluding carboxylic acids is 1. The van der Waals surface area contributed by atoms with Crippen molar-refractivity contribution >= 4 is 17.2 Å². The Kier molecular flexibility index (Phi) is 5.60. The molecule has 0 spiro atoms. The number of thiophene rings is 1. The number of carbonyl (C=O) groups is 1. The molecule has 0 aromatic carbocycles. The Labute approximate surface area is 123 Å². The molecule has 1 aromatic heterocycles. The maximum absolute atomic E-state index is 12.4. The summed E-state index contributed by atoms with van der Waals surface area (Å²) in [5, 5.41) is 10.5. The first-order valence-corrected chi connectivity index (χ1v) is 7.59. The summed E-state index contributed by atoms with van der Waals surface area (Å²) in [6, 6.07) is 1.80. The number of nitrogens with zero attached hydrogens (tertiary/aromatic N) is 1. The monoisotopic (exact) mass is 293 g/mol. The molecule has 20 heavy (non-hydrogen) atoms.